The topological polar surface area (TPSA) is 88.1 Å². The molecule has 2 aromatic carbocycles. The van der Waals surface area contributed by atoms with E-state index < -0.39 is 23.1 Å². The second-order valence-corrected chi connectivity index (χ2v) is 9.27. The number of rotatable bonds is 7. The molecular formula is C25H30O7. The molecule has 2 rings (SSSR count). The first kappa shape index (κ1) is 25.2. The Morgan fingerprint density at radius 1 is 0.688 bits per heavy atom. The lowest BCUT2D eigenvalue weighted by molar-refractivity contribution is -0.302. The molecule has 0 unspecified atom stereocenters. The lowest BCUT2D eigenvalue weighted by Crippen LogP contribution is -2.25. The first-order valence-corrected chi connectivity index (χ1v) is 10.4. The predicted octanol–water partition coefficient (Wildman–Crippen LogP) is 5.25. The molecule has 7 nitrogen and oxygen atoms in total. The Labute approximate surface area is 188 Å². The summed E-state index contributed by atoms with van der Waals surface area (Å²) in [7, 11) is 0. The van der Waals surface area contributed by atoms with Gasteiger partial charge in [0.05, 0.1) is 11.1 Å². The van der Waals surface area contributed by atoms with Gasteiger partial charge in [0.1, 0.15) is 11.2 Å². The van der Waals surface area contributed by atoms with Crippen LogP contribution in [0.2, 0.25) is 0 Å². The van der Waals surface area contributed by atoms with Crippen LogP contribution in [0.25, 0.3) is 0 Å². The van der Waals surface area contributed by atoms with Gasteiger partial charge in [0.25, 0.3) is 0 Å². The van der Waals surface area contributed by atoms with Gasteiger partial charge < -0.3 is 0 Å². The zero-order chi connectivity index (χ0) is 24.1. The molecule has 0 atom stereocenters. The molecule has 0 aliphatic carbocycles. The Bertz CT molecular complexity index is 977. The summed E-state index contributed by atoms with van der Waals surface area (Å²) >= 11 is 0. The van der Waals surface area contributed by atoms with E-state index in [0.29, 0.717) is 5.56 Å². The summed E-state index contributed by atoms with van der Waals surface area (Å²) < 4.78 is 0. The zero-order valence-electron chi connectivity index (χ0n) is 19.6. The third-order valence-corrected chi connectivity index (χ3v) is 4.08. The molecule has 32 heavy (non-hydrogen) atoms. The predicted molar refractivity (Wildman–Crippen MR) is 118 cm³/mol. The van der Waals surface area contributed by atoms with Gasteiger partial charge in [-0.05, 0) is 65.7 Å². The van der Waals surface area contributed by atoms with Crippen molar-refractivity contribution >= 4 is 17.7 Å². The minimum absolute atomic E-state index is 0.116. The molecule has 0 aliphatic rings. The van der Waals surface area contributed by atoms with Gasteiger partial charge >= 0.3 is 11.9 Å². The highest BCUT2D eigenvalue weighted by Gasteiger charge is 2.26. The van der Waals surface area contributed by atoms with E-state index in [4.69, 9.17) is 19.6 Å². The van der Waals surface area contributed by atoms with E-state index >= 15 is 0 Å². The summed E-state index contributed by atoms with van der Waals surface area (Å²) in [5.41, 5.74) is -0.0274. The Morgan fingerprint density at radius 3 is 1.62 bits per heavy atom. The fourth-order valence-electron chi connectivity index (χ4n) is 2.51. The van der Waals surface area contributed by atoms with Crippen molar-refractivity contribution in [3.05, 3.63) is 70.3 Å². The van der Waals surface area contributed by atoms with E-state index in [1.165, 1.54) is 18.2 Å². The van der Waals surface area contributed by atoms with Crippen molar-refractivity contribution in [2.45, 2.75) is 66.1 Å². The van der Waals surface area contributed by atoms with Crippen LogP contribution in [-0.4, -0.2) is 28.9 Å². The molecule has 172 valence electrons. The Balaban J connectivity index is 2.40. The van der Waals surface area contributed by atoms with Gasteiger partial charge in [0.15, 0.2) is 5.78 Å². The van der Waals surface area contributed by atoms with Crippen molar-refractivity contribution in [1.82, 2.24) is 0 Å². The highest BCUT2D eigenvalue weighted by molar-refractivity contribution is 6.11. The van der Waals surface area contributed by atoms with E-state index in [1.807, 2.05) is 19.1 Å². The fraction of sp³-hybridized carbons (Fsp3) is 0.400. The molecule has 2 aromatic rings. The molecule has 0 aliphatic heterocycles. The van der Waals surface area contributed by atoms with Gasteiger partial charge in [0, 0.05) is 11.1 Å². The van der Waals surface area contributed by atoms with Gasteiger partial charge in [-0.3, -0.25) is 14.6 Å². The molecule has 0 saturated carbocycles. The number of carbonyl (C=O) groups is 3. The molecule has 0 heterocycles. The SMILES string of the molecule is CCc1ccc(C(=O)c2ccc(C(=O)OOC(C)(C)C)c(C(=O)OOC(C)(C)C)c2)cc1. The second-order valence-electron chi connectivity index (χ2n) is 9.27. The maximum absolute atomic E-state index is 13.0. The highest BCUT2D eigenvalue weighted by atomic mass is 17.2. The normalized spacial score (nSPS) is 11.7. The van der Waals surface area contributed by atoms with Gasteiger partial charge in [-0.15, -0.1) is 0 Å². The monoisotopic (exact) mass is 442 g/mol. The van der Waals surface area contributed by atoms with E-state index in [-0.39, 0.29) is 22.5 Å². The van der Waals surface area contributed by atoms with Gasteiger partial charge in [-0.1, -0.05) is 37.3 Å². The van der Waals surface area contributed by atoms with Crippen LogP contribution in [0.1, 0.15) is 90.7 Å². The summed E-state index contributed by atoms with van der Waals surface area (Å²) in [6, 6.07) is 11.3. The Morgan fingerprint density at radius 2 is 1.16 bits per heavy atom. The molecule has 0 amide bonds. The van der Waals surface area contributed by atoms with Gasteiger partial charge in [-0.25, -0.2) is 9.59 Å². The maximum Gasteiger partial charge on any atom is 0.374 e. The molecule has 0 spiro atoms. The summed E-state index contributed by atoms with van der Waals surface area (Å²) in [4.78, 5) is 58.1. The molecule has 7 heteroatoms. The minimum atomic E-state index is -0.932. The number of aryl methyl sites for hydroxylation is 1. The number of benzene rings is 2. The van der Waals surface area contributed by atoms with Crippen molar-refractivity contribution in [3.63, 3.8) is 0 Å². The number of hydrogen-bond donors (Lipinski definition) is 0. The summed E-state index contributed by atoms with van der Waals surface area (Å²) in [5, 5.41) is 0. The average molecular weight is 443 g/mol. The van der Waals surface area contributed by atoms with Crippen LogP contribution in [0.3, 0.4) is 0 Å². The summed E-state index contributed by atoms with van der Waals surface area (Å²) in [6.07, 6.45) is 0.853. The lowest BCUT2D eigenvalue weighted by Gasteiger charge is -2.18. The van der Waals surface area contributed by atoms with Crippen molar-refractivity contribution in [2.75, 3.05) is 0 Å². The molecular weight excluding hydrogens is 412 g/mol. The van der Waals surface area contributed by atoms with Crippen LogP contribution in [0.5, 0.6) is 0 Å². The number of carbonyl (C=O) groups excluding carboxylic acids is 3. The lowest BCUT2D eigenvalue weighted by atomic mass is 9.97. The summed E-state index contributed by atoms with van der Waals surface area (Å²) in [5.74, 6) is -2.13. The third kappa shape index (κ3) is 7.28. The van der Waals surface area contributed by atoms with E-state index in [9.17, 15) is 14.4 Å². The second kappa shape index (κ2) is 10.1. The third-order valence-electron chi connectivity index (χ3n) is 4.08. The minimum Gasteiger partial charge on any atom is -0.292 e. The Kier molecular flexibility index (Phi) is 7.93. The van der Waals surface area contributed by atoms with E-state index in [0.717, 1.165) is 12.0 Å². The van der Waals surface area contributed by atoms with E-state index in [2.05, 4.69) is 0 Å². The van der Waals surface area contributed by atoms with Crippen LogP contribution < -0.4 is 0 Å². The highest BCUT2D eigenvalue weighted by Crippen LogP contribution is 2.21. The van der Waals surface area contributed by atoms with Gasteiger partial charge in [-0.2, -0.15) is 9.78 Å². The standard InChI is InChI=1S/C25H30O7/c1-8-16-9-11-17(12-10-16)21(26)18-13-14-19(22(27)29-31-24(2,3)4)20(15-18)23(28)30-32-25(5,6)7/h9-15H,8H2,1-7H3. The molecule has 0 radical (unpaired) electrons. The van der Waals surface area contributed by atoms with Crippen molar-refractivity contribution in [3.8, 4) is 0 Å². The quantitative estimate of drug-likeness (QED) is 0.328. The van der Waals surface area contributed by atoms with E-state index in [1.54, 1.807) is 53.7 Å². The van der Waals surface area contributed by atoms with Crippen LogP contribution in [0.15, 0.2) is 42.5 Å². The zero-order valence-corrected chi connectivity index (χ0v) is 19.6. The average Bonchev–Trinajstić information content (AvgIpc) is 2.74. The fourth-order valence-corrected chi connectivity index (χ4v) is 2.51. The molecule has 0 N–H and O–H groups in total. The molecule has 0 fully saturated rings. The van der Waals surface area contributed by atoms with Crippen LogP contribution in [-0.2, 0) is 26.0 Å². The molecule has 0 saturated heterocycles. The van der Waals surface area contributed by atoms with Gasteiger partial charge in [0.2, 0.25) is 0 Å². The number of hydrogen-bond acceptors (Lipinski definition) is 7. The molecule has 0 bridgehead atoms. The van der Waals surface area contributed by atoms with Crippen LogP contribution in [0.4, 0.5) is 0 Å². The van der Waals surface area contributed by atoms with Crippen molar-refractivity contribution in [2.24, 2.45) is 0 Å². The summed E-state index contributed by atoms with van der Waals surface area (Å²) in [6.45, 7) is 12.2. The first-order valence-electron chi connectivity index (χ1n) is 10.4. The van der Waals surface area contributed by atoms with Crippen molar-refractivity contribution < 1.29 is 33.9 Å². The first-order chi connectivity index (χ1) is 14.8. The Hall–Kier alpha value is -3.03. The van der Waals surface area contributed by atoms with Crippen LogP contribution in [0, 0.1) is 0 Å². The smallest absolute Gasteiger partial charge is 0.292 e. The maximum atomic E-state index is 13.0. The largest absolute Gasteiger partial charge is 0.374 e. The van der Waals surface area contributed by atoms with Crippen LogP contribution >= 0.6 is 0 Å². The van der Waals surface area contributed by atoms with Crippen molar-refractivity contribution in [1.29, 1.82) is 0 Å². The number of ketones is 1. The molecule has 0 aromatic heterocycles.